The molecular formula is C16H13FN2O2. The Morgan fingerprint density at radius 3 is 2.76 bits per heavy atom. The normalized spacial score (nSPS) is 10.8. The van der Waals surface area contributed by atoms with E-state index in [1.165, 1.54) is 18.4 Å². The van der Waals surface area contributed by atoms with Crippen molar-refractivity contribution < 1.29 is 8.81 Å². The summed E-state index contributed by atoms with van der Waals surface area (Å²) in [7, 11) is 0. The lowest BCUT2D eigenvalue weighted by Crippen LogP contribution is -2.21. The van der Waals surface area contributed by atoms with Crippen LogP contribution in [0, 0.1) is 12.7 Å². The fourth-order valence-corrected chi connectivity index (χ4v) is 2.06. The predicted octanol–water partition coefficient (Wildman–Crippen LogP) is 3.00. The molecule has 106 valence electrons. The number of hydrogen-bond acceptors (Lipinski definition) is 3. The van der Waals surface area contributed by atoms with E-state index in [-0.39, 0.29) is 11.4 Å². The second-order valence-electron chi connectivity index (χ2n) is 4.78. The molecule has 0 bridgehead atoms. The molecule has 3 rings (SSSR count). The maximum absolute atomic E-state index is 12.9. The molecule has 2 heterocycles. The second-order valence-corrected chi connectivity index (χ2v) is 4.78. The van der Waals surface area contributed by atoms with Crippen molar-refractivity contribution in [1.82, 2.24) is 9.55 Å². The number of rotatable bonds is 3. The minimum Gasteiger partial charge on any atom is -0.444 e. The van der Waals surface area contributed by atoms with Crippen molar-refractivity contribution in [3.63, 3.8) is 0 Å². The molecule has 0 saturated carbocycles. The van der Waals surface area contributed by atoms with E-state index >= 15 is 0 Å². The molecule has 0 radical (unpaired) electrons. The number of oxazole rings is 1. The minimum absolute atomic E-state index is 0.0520. The smallest absolute Gasteiger partial charge is 0.253 e. The first-order chi connectivity index (χ1) is 10.1. The van der Waals surface area contributed by atoms with E-state index in [1.54, 1.807) is 35.9 Å². The van der Waals surface area contributed by atoms with Crippen molar-refractivity contribution in [2.24, 2.45) is 0 Å². The summed E-state index contributed by atoms with van der Waals surface area (Å²) in [5, 5.41) is 0. The lowest BCUT2D eigenvalue weighted by atomic mass is 10.2. The van der Waals surface area contributed by atoms with E-state index in [4.69, 9.17) is 4.42 Å². The predicted molar refractivity (Wildman–Crippen MR) is 76.4 cm³/mol. The Kier molecular flexibility index (Phi) is 3.39. The lowest BCUT2D eigenvalue weighted by molar-refractivity contribution is 0.570. The van der Waals surface area contributed by atoms with Gasteiger partial charge in [0.2, 0.25) is 5.89 Å². The average Bonchev–Trinajstić information content (AvgIpc) is 2.93. The Balaban J connectivity index is 1.87. The van der Waals surface area contributed by atoms with Crippen molar-refractivity contribution in [1.29, 1.82) is 0 Å². The van der Waals surface area contributed by atoms with Crippen molar-refractivity contribution in [3.05, 3.63) is 76.3 Å². The summed E-state index contributed by atoms with van der Waals surface area (Å²) < 4.78 is 19.8. The highest BCUT2D eigenvalue weighted by molar-refractivity contribution is 5.52. The third-order valence-corrected chi connectivity index (χ3v) is 3.19. The van der Waals surface area contributed by atoms with E-state index in [2.05, 4.69) is 4.98 Å². The van der Waals surface area contributed by atoms with Gasteiger partial charge in [0.1, 0.15) is 12.1 Å². The van der Waals surface area contributed by atoms with Gasteiger partial charge in [0, 0.05) is 17.3 Å². The zero-order valence-electron chi connectivity index (χ0n) is 11.4. The van der Waals surface area contributed by atoms with Crippen LogP contribution in [0.3, 0.4) is 0 Å². The van der Waals surface area contributed by atoms with Crippen LogP contribution in [0.5, 0.6) is 0 Å². The highest BCUT2D eigenvalue weighted by atomic mass is 19.1. The first-order valence-electron chi connectivity index (χ1n) is 6.50. The van der Waals surface area contributed by atoms with E-state index in [0.29, 0.717) is 29.3 Å². The van der Waals surface area contributed by atoms with E-state index in [0.717, 1.165) is 0 Å². The third kappa shape index (κ3) is 2.76. The van der Waals surface area contributed by atoms with Gasteiger partial charge in [0.25, 0.3) is 5.56 Å². The van der Waals surface area contributed by atoms with E-state index in [1.807, 2.05) is 6.07 Å². The molecule has 0 saturated heterocycles. The second kappa shape index (κ2) is 5.36. The Morgan fingerprint density at radius 1 is 1.24 bits per heavy atom. The number of pyridine rings is 1. The number of nitrogens with zero attached hydrogens (tertiary/aromatic N) is 2. The van der Waals surface area contributed by atoms with Crippen LogP contribution in [0.2, 0.25) is 0 Å². The molecule has 3 aromatic rings. The van der Waals surface area contributed by atoms with Crippen molar-refractivity contribution >= 4 is 0 Å². The summed E-state index contributed by atoms with van der Waals surface area (Å²) >= 11 is 0. The van der Waals surface area contributed by atoms with Gasteiger partial charge in [-0.3, -0.25) is 4.79 Å². The molecule has 5 heteroatoms. The van der Waals surface area contributed by atoms with Crippen LogP contribution in [-0.2, 0) is 6.54 Å². The Morgan fingerprint density at radius 2 is 2.00 bits per heavy atom. The third-order valence-electron chi connectivity index (χ3n) is 3.19. The summed E-state index contributed by atoms with van der Waals surface area (Å²) in [5.41, 5.74) is 1.96. The van der Waals surface area contributed by atoms with Crippen LogP contribution in [0.4, 0.5) is 4.39 Å². The lowest BCUT2D eigenvalue weighted by Gasteiger charge is -2.03. The summed E-state index contributed by atoms with van der Waals surface area (Å²) in [5.74, 6) is 0.0996. The topological polar surface area (TPSA) is 48.0 Å². The molecule has 1 aromatic carbocycles. The van der Waals surface area contributed by atoms with Gasteiger partial charge >= 0.3 is 0 Å². The number of hydrogen-bond donors (Lipinski definition) is 0. The number of benzene rings is 1. The fourth-order valence-electron chi connectivity index (χ4n) is 2.06. The van der Waals surface area contributed by atoms with Crippen molar-refractivity contribution in [2.75, 3.05) is 0 Å². The van der Waals surface area contributed by atoms with Crippen LogP contribution in [-0.4, -0.2) is 9.55 Å². The molecule has 21 heavy (non-hydrogen) atoms. The summed E-state index contributed by atoms with van der Waals surface area (Å²) in [6, 6.07) is 9.49. The largest absolute Gasteiger partial charge is 0.444 e. The van der Waals surface area contributed by atoms with Crippen molar-refractivity contribution in [3.8, 4) is 11.5 Å². The van der Waals surface area contributed by atoms with E-state index in [9.17, 15) is 9.18 Å². The maximum Gasteiger partial charge on any atom is 0.253 e. The highest BCUT2D eigenvalue weighted by Crippen LogP contribution is 2.19. The standard InChI is InChI=1S/C16H13FN2O2/c1-11-3-2-8-19(16(11)20)9-14-10-21-15(18-14)12-4-6-13(17)7-5-12/h2-8,10H,9H2,1H3. The molecule has 0 fully saturated rings. The van der Waals surface area contributed by atoms with Gasteiger partial charge in [-0.25, -0.2) is 9.37 Å². The van der Waals surface area contributed by atoms with Gasteiger partial charge in [-0.05, 0) is 37.3 Å². The fraction of sp³-hybridized carbons (Fsp3) is 0.125. The van der Waals surface area contributed by atoms with Crippen LogP contribution in [0.1, 0.15) is 11.3 Å². The quantitative estimate of drug-likeness (QED) is 0.743. The molecule has 0 aliphatic carbocycles. The van der Waals surface area contributed by atoms with Gasteiger partial charge in [0.05, 0.1) is 12.2 Å². The Bertz CT molecular complexity index is 819. The van der Waals surface area contributed by atoms with Gasteiger partial charge in [-0.2, -0.15) is 0 Å². The Labute approximate surface area is 120 Å². The van der Waals surface area contributed by atoms with Gasteiger partial charge < -0.3 is 8.98 Å². The van der Waals surface area contributed by atoms with E-state index < -0.39 is 0 Å². The monoisotopic (exact) mass is 284 g/mol. The maximum atomic E-state index is 12.9. The number of halogens is 1. The Hall–Kier alpha value is -2.69. The summed E-state index contributed by atoms with van der Waals surface area (Å²) in [4.78, 5) is 16.3. The molecule has 2 aromatic heterocycles. The number of aryl methyl sites for hydroxylation is 1. The summed E-state index contributed by atoms with van der Waals surface area (Å²) in [6.45, 7) is 2.11. The molecule has 4 nitrogen and oxygen atoms in total. The molecule has 0 aliphatic rings. The molecule has 0 amide bonds. The first kappa shape index (κ1) is 13.3. The molecule has 0 spiro atoms. The van der Waals surface area contributed by atoms with Crippen LogP contribution >= 0.6 is 0 Å². The summed E-state index contributed by atoms with van der Waals surface area (Å²) in [6.07, 6.45) is 3.22. The van der Waals surface area contributed by atoms with Crippen LogP contribution in [0.15, 0.2) is 58.1 Å². The van der Waals surface area contributed by atoms with Gasteiger partial charge in [0.15, 0.2) is 0 Å². The molecule has 0 atom stereocenters. The molecule has 0 unspecified atom stereocenters. The zero-order valence-corrected chi connectivity index (χ0v) is 11.4. The van der Waals surface area contributed by atoms with Crippen LogP contribution < -0.4 is 5.56 Å². The number of aromatic nitrogens is 2. The average molecular weight is 284 g/mol. The first-order valence-corrected chi connectivity index (χ1v) is 6.50. The SMILES string of the molecule is Cc1cccn(Cc2coc(-c3ccc(F)cc3)n2)c1=O. The van der Waals surface area contributed by atoms with Crippen molar-refractivity contribution in [2.45, 2.75) is 13.5 Å². The van der Waals surface area contributed by atoms with Gasteiger partial charge in [-0.1, -0.05) is 6.07 Å². The molecular weight excluding hydrogens is 271 g/mol. The highest BCUT2D eigenvalue weighted by Gasteiger charge is 2.08. The van der Waals surface area contributed by atoms with Crippen LogP contribution in [0.25, 0.3) is 11.5 Å². The minimum atomic E-state index is -0.308. The molecule has 0 N–H and O–H groups in total. The van der Waals surface area contributed by atoms with Gasteiger partial charge in [-0.15, -0.1) is 0 Å². The molecule has 0 aliphatic heterocycles. The zero-order chi connectivity index (χ0) is 14.8.